The van der Waals surface area contributed by atoms with E-state index in [1.165, 1.54) is 0 Å². The van der Waals surface area contributed by atoms with Crippen LogP contribution < -0.4 is 10.6 Å². The predicted octanol–water partition coefficient (Wildman–Crippen LogP) is 1.43. The second-order valence-corrected chi connectivity index (χ2v) is 5.08. The summed E-state index contributed by atoms with van der Waals surface area (Å²) in [6.07, 6.45) is 3.41. The Kier molecular flexibility index (Phi) is 5.22. The van der Waals surface area contributed by atoms with Crippen LogP contribution >= 0.6 is 0 Å². The average molecular weight is 303 g/mol. The number of rotatable bonds is 7. The number of nitrogens with zero attached hydrogens (tertiary/aromatic N) is 3. The van der Waals surface area contributed by atoms with Crippen LogP contribution in [0.1, 0.15) is 5.76 Å². The van der Waals surface area contributed by atoms with Crippen LogP contribution in [0.2, 0.25) is 0 Å². The van der Waals surface area contributed by atoms with Gasteiger partial charge >= 0.3 is 0 Å². The summed E-state index contributed by atoms with van der Waals surface area (Å²) < 4.78 is 10.6. The lowest BCUT2D eigenvalue weighted by Gasteiger charge is -2.26. The van der Waals surface area contributed by atoms with Gasteiger partial charge in [0.1, 0.15) is 11.6 Å². The number of anilines is 2. The Balaban J connectivity index is 1.44. The van der Waals surface area contributed by atoms with E-state index in [9.17, 15) is 0 Å². The van der Waals surface area contributed by atoms with E-state index in [1.807, 2.05) is 18.2 Å². The Morgan fingerprint density at radius 1 is 1.18 bits per heavy atom. The Morgan fingerprint density at radius 3 is 2.91 bits per heavy atom. The summed E-state index contributed by atoms with van der Waals surface area (Å²) in [5.74, 6) is 2.29. The molecule has 0 unspecified atom stereocenters. The van der Waals surface area contributed by atoms with Crippen molar-refractivity contribution in [3.63, 3.8) is 0 Å². The minimum absolute atomic E-state index is 0.608. The molecule has 3 heterocycles. The molecule has 0 aliphatic carbocycles. The van der Waals surface area contributed by atoms with Crippen molar-refractivity contribution >= 4 is 11.8 Å². The van der Waals surface area contributed by atoms with Gasteiger partial charge in [-0.05, 0) is 18.2 Å². The van der Waals surface area contributed by atoms with Crippen LogP contribution in [0.15, 0.2) is 35.1 Å². The van der Waals surface area contributed by atoms with Crippen molar-refractivity contribution in [3.05, 3.63) is 36.4 Å². The van der Waals surface area contributed by atoms with E-state index in [0.717, 1.165) is 51.0 Å². The maximum Gasteiger partial charge on any atom is 0.224 e. The lowest BCUT2D eigenvalue weighted by Crippen LogP contribution is -2.39. The molecule has 2 aromatic heterocycles. The van der Waals surface area contributed by atoms with Crippen LogP contribution in [0.3, 0.4) is 0 Å². The van der Waals surface area contributed by atoms with Crippen molar-refractivity contribution in [3.8, 4) is 0 Å². The van der Waals surface area contributed by atoms with Gasteiger partial charge in [0.05, 0.1) is 26.0 Å². The normalized spacial score (nSPS) is 15.6. The molecule has 1 aliphatic heterocycles. The quantitative estimate of drug-likeness (QED) is 0.801. The molecule has 0 atom stereocenters. The summed E-state index contributed by atoms with van der Waals surface area (Å²) in [6.45, 7) is 6.03. The number of nitrogens with one attached hydrogen (secondary N) is 2. The van der Waals surface area contributed by atoms with Gasteiger partial charge in [0.25, 0.3) is 0 Å². The molecule has 0 saturated carbocycles. The van der Waals surface area contributed by atoms with Gasteiger partial charge in [-0.15, -0.1) is 0 Å². The van der Waals surface area contributed by atoms with E-state index in [-0.39, 0.29) is 0 Å². The smallest absolute Gasteiger partial charge is 0.224 e. The summed E-state index contributed by atoms with van der Waals surface area (Å²) >= 11 is 0. The number of aromatic nitrogens is 2. The number of ether oxygens (including phenoxy) is 1. The Labute approximate surface area is 129 Å². The van der Waals surface area contributed by atoms with E-state index < -0.39 is 0 Å². The molecule has 0 bridgehead atoms. The first kappa shape index (κ1) is 14.8. The van der Waals surface area contributed by atoms with Crippen LogP contribution in [0.4, 0.5) is 11.8 Å². The molecule has 118 valence electrons. The molecule has 3 rings (SSSR count). The summed E-state index contributed by atoms with van der Waals surface area (Å²) in [6, 6.07) is 5.64. The summed E-state index contributed by atoms with van der Waals surface area (Å²) in [4.78, 5) is 11.0. The standard InChI is InChI=1S/C15H21N5O2/c1-2-13(22-9-1)12-18-14-3-4-16-15(19-14)17-5-6-20-7-10-21-11-8-20/h1-4,9H,5-8,10-12H2,(H2,16,17,18,19). The molecule has 1 fully saturated rings. The SMILES string of the molecule is c1coc(CNc2ccnc(NCCN3CCOCC3)n2)c1. The van der Waals surface area contributed by atoms with Crippen molar-refractivity contribution in [2.75, 3.05) is 50.0 Å². The Hall–Kier alpha value is -2.12. The zero-order valence-corrected chi connectivity index (χ0v) is 12.5. The molecule has 7 heteroatoms. The molecule has 0 spiro atoms. The van der Waals surface area contributed by atoms with Gasteiger partial charge in [-0.1, -0.05) is 0 Å². The zero-order chi connectivity index (χ0) is 15.0. The van der Waals surface area contributed by atoms with E-state index in [4.69, 9.17) is 9.15 Å². The molecule has 2 N–H and O–H groups in total. The molecular weight excluding hydrogens is 282 g/mol. The Bertz CT molecular complexity index is 555. The molecule has 7 nitrogen and oxygen atoms in total. The zero-order valence-electron chi connectivity index (χ0n) is 12.5. The lowest BCUT2D eigenvalue weighted by atomic mass is 10.4. The van der Waals surface area contributed by atoms with E-state index >= 15 is 0 Å². The van der Waals surface area contributed by atoms with Crippen LogP contribution in [0.5, 0.6) is 0 Å². The molecular formula is C15H21N5O2. The van der Waals surface area contributed by atoms with Crippen molar-refractivity contribution in [1.82, 2.24) is 14.9 Å². The number of hydrogen-bond acceptors (Lipinski definition) is 7. The van der Waals surface area contributed by atoms with Crippen LogP contribution in [-0.4, -0.2) is 54.3 Å². The molecule has 0 radical (unpaired) electrons. The van der Waals surface area contributed by atoms with Crippen molar-refractivity contribution < 1.29 is 9.15 Å². The van der Waals surface area contributed by atoms with Gasteiger partial charge in [-0.25, -0.2) is 4.98 Å². The topological polar surface area (TPSA) is 75.5 Å². The minimum atomic E-state index is 0.608. The fraction of sp³-hybridized carbons (Fsp3) is 0.467. The largest absolute Gasteiger partial charge is 0.467 e. The highest BCUT2D eigenvalue weighted by atomic mass is 16.5. The van der Waals surface area contributed by atoms with Gasteiger partial charge in [0, 0.05) is 32.4 Å². The first-order valence-corrected chi connectivity index (χ1v) is 7.53. The molecule has 0 aromatic carbocycles. The van der Waals surface area contributed by atoms with Gasteiger partial charge in [0.15, 0.2) is 0 Å². The highest BCUT2D eigenvalue weighted by molar-refractivity contribution is 5.39. The molecule has 0 amide bonds. The number of morpholine rings is 1. The van der Waals surface area contributed by atoms with Crippen molar-refractivity contribution in [2.45, 2.75) is 6.54 Å². The maximum absolute atomic E-state index is 5.33. The third kappa shape index (κ3) is 4.44. The fourth-order valence-electron chi connectivity index (χ4n) is 2.28. The summed E-state index contributed by atoms with van der Waals surface area (Å²) in [5, 5.41) is 6.47. The first-order valence-electron chi connectivity index (χ1n) is 7.53. The lowest BCUT2D eigenvalue weighted by molar-refractivity contribution is 0.0398. The highest BCUT2D eigenvalue weighted by Gasteiger charge is 2.09. The molecule has 1 aliphatic rings. The number of hydrogen-bond donors (Lipinski definition) is 2. The molecule has 2 aromatic rings. The van der Waals surface area contributed by atoms with Crippen molar-refractivity contribution in [1.29, 1.82) is 0 Å². The maximum atomic E-state index is 5.33. The van der Waals surface area contributed by atoms with Crippen LogP contribution in [-0.2, 0) is 11.3 Å². The second kappa shape index (κ2) is 7.77. The third-order valence-corrected chi connectivity index (χ3v) is 3.49. The average Bonchev–Trinajstić information content (AvgIpc) is 3.08. The predicted molar refractivity (Wildman–Crippen MR) is 83.8 cm³/mol. The first-order chi connectivity index (χ1) is 10.9. The summed E-state index contributed by atoms with van der Waals surface area (Å²) in [5.41, 5.74) is 0. The van der Waals surface area contributed by atoms with E-state index in [0.29, 0.717) is 12.5 Å². The monoisotopic (exact) mass is 303 g/mol. The third-order valence-electron chi connectivity index (χ3n) is 3.49. The van der Waals surface area contributed by atoms with Gasteiger partial charge < -0.3 is 19.8 Å². The van der Waals surface area contributed by atoms with E-state index in [1.54, 1.807) is 12.5 Å². The second-order valence-electron chi connectivity index (χ2n) is 5.08. The highest BCUT2D eigenvalue weighted by Crippen LogP contribution is 2.08. The molecule has 1 saturated heterocycles. The summed E-state index contributed by atoms with van der Waals surface area (Å²) in [7, 11) is 0. The van der Waals surface area contributed by atoms with Crippen LogP contribution in [0, 0.1) is 0 Å². The van der Waals surface area contributed by atoms with E-state index in [2.05, 4.69) is 25.5 Å². The van der Waals surface area contributed by atoms with Crippen molar-refractivity contribution in [2.24, 2.45) is 0 Å². The molecule has 22 heavy (non-hydrogen) atoms. The fourth-order valence-corrected chi connectivity index (χ4v) is 2.28. The van der Waals surface area contributed by atoms with Crippen LogP contribution in [0.25, 0.3) is 0 Å². The Morgan fingerprint density at radius 2 is 2.09 bits per heavy atom. The van der Waals surface area contributed by atoms with Gasteiger partial charge in [-0.3, -0.25) is 4.90 Å². The number of furan rings is 1. The van der Waals surface area contributed by atoms with Gasteiger partial charge in [-0.2, -0.15) is 4.98 Å². The minimum Gasteiger partial charge on any atom is -0.467 e. The van der Waals surface area contributed by atoms with Gasteiger partial charge in [0.2, 0.25) is 5.95 Å².